The van der Waals surface area contributed by atoms with E-state index >= 15 is 0 Å². The Bertz CT molecular complexity index is 7520. The van der Waals surface area contributed by atoms with Crippen LogP contribution in [0.25, 0.3) is 172 Å². The van der Waals surface area contributed by atoms with E-state index in [2.05, 4.69) is 156 Å². The number of nitrogens with zero attached hydrogens (tertiary/aromatic N) is 11. The first-order valence-electron chi connectivity index (χ1n) is 38.2. The van der Waals surface area contributed by atoms with E-state index in [1.54, 1.807) is 23.0 Å². The van der Waals surface area contributed by atoms with Gasteiger partial charge in [-0.3, -0.25) is 27.1 Å². The van der Waals surface area contributed by atoms with E-state index in [1.807, 2.05) is 218 Å². The summed E-state index contributed by atoms with van der Waals surface area (Å²) in [6.07, 6.45) is 24.4. The van der Waals surface area contributed by atoms with Crippen LogP contribution in [0.1, 0.15) is 5.56 Å². The van der Waals surface area contributed by atoms with Crippen molar-refractivity contribution < 1.29 is 45.0 Å². The van der Waals surface area contributed by atoms with Gasteiger partial charge in [0.15, 0.2) is 22.6 Å². The second-order valence-corrected chi connectivity index (χ2v) is 28.8. The average molecular weight is 1890 g/mol. The zero-order chi connectivity index (χ0) is 78.2. The fourth-order valence-corrected chi connectivity index (χ4v) is 16.1. The Kier molecular flexibility index (Phi) is 19.5. The van der Waals surface area contributed by atoms with Crippen LogP contribution in [0.15, 0.2) is 365 Å². The first kappa shape index (κ1) is 74.4. The number of para-hydroxylation sites is 3. The molecule has 17 heteroatoms. The van der Waals surface area contributed by atoms with E-state index in [4.69, 9.17) is 19.9 Å². The van der Waals surface area contributed by atoms with E-state index in [9.17, 15) is 19.2 Å². The summed E-state index contributed by atoms with van der Waals surface area (Å²) in [5, 5.41) is 10.9. The fraction of sp³-hybridized carbons (Fsp3) is 0.0196. The first-order chi connectivity index (χ1) is 57.6. The van der Waals surface area contributed by atoms with Crippen LogP contribution in [0.3, 0.4) is 0 Å². The molecule has 564 valence electrons. The van der Waals surface area contributed by atoms with E-state index in [0.29, 0.717) is 61.2 Å². The van der Waals surface area contributed by atoms with E-state index in [1.165, 1.54) is 18.1 Å². The normalized spacial score (nSPS) is 14.0. The largest absolute Gasteiger partial charge is 3.00 e. The quantitative estimate of drug-likeness (QED) is 0.0904. The molecule has 0 N–H and O–H groups in total. The minimum absolute atomic E-state index is 0. The van der Waals surface area contributed by atoms with Crippen molar-refractivity contribution in [3.05, 3.63) is 419 Å². The van der Waals surface area contributed by atoms with Gasteiger partial charge in [0.05, 0.1) is 22.6 Å². The van der Waals surface area contributed by atoms with E-state index < -0.39 is 0 Å². The Labute approximate surface area is 707 Å². The molecule has 7 aromatic heterocycles. The van der Waals surface area contributed by atoms with Gasteiger partial charge in [-0.25, -0.2) is 5.56 Å². The summed E-state index contributed by atoms with van der Waals surface area (Å²) in [6, 6.07) is 109. The number of fused-ring (bicyclic) bond motifs is 9. The van der Waals surface area contributed by atoms with Crippen molar-refractivity contribution in [1.29, 1.82) is 0 Å². The van der Waals surface area contributed by atoms with Crippen molar-refractivity contribution >= 4 is 78.0 Å². The van der Waals surface area contributed by atoms with Gasteiger partial charge in [0, 0.05) is 44.9 Å². The van der Waals surface area contributed by atoms with Crippen LogP contribution in [0.5, 0.6) is 0 Å². The average Bonchev–Trinajstić information content (AvgIpc) is 1.18. The fourth-order valence-electron chi connectivity index (χ4n) is 16.1. The van der Waals surface area contributed by atoms with Crippen molar-refractivity contribution in [3.63, 3.8) is 0 Å². The zero-order valence-electron chi connectivity index (χ0n) is 62.8. The molecule has 22 rings (SSSR count). The third-order valence-electron chi connectivity index (χ3n) is 21.8. The summed E-state index contributed by atoms with van der Waals surface area (Å²) in [4.78, 5) is 75.9. The molecule has 15 nitrogen and oxygen atoms in total. The monoisotopic (exact) mass is 1890 g/mol. The number of carbonyl (C=O) groups is 1. The van der Waals surface area contributed by atoms with Crippen LogP contribution in [-0.2, 0) is 45.0 Å². The summed E-state index contributed by atoms with van der Waals surface area (Å²) in [5.41, 5.74) is 24.9. The van der Waals surface area contributed by atoms with Crippen molar-refractivity contribution in [2.24, 2.45) is 10.9 Å². The molecular formula is C102H59Ir2N11O4. The van der Waals surface area contributed by atoms with Gasteiger partial charge in [-0.1, -0.05) is 324 Å². The van der Waals surface area contributed by atoms with Crippen LogP contribution < -0.4 is 16.7 Å². The predicted octanol–water partition coefficient (Wildman–Crippen LogP) is 19.7. The standard InChI is InChI=1S/C60H33N7O2.C42H26N4O2.2Ir/c68-59-51-19-7-9-21-53(51)61-57-36-39(29-31-65(57)59)46-14-2-5-17-49(46)42-33-41(48-16-4-1-13-45(48)38-25-27-44(28-26-38)67-63-55-23-11-12-24-56(55)64-67)34-43(35-42)50-18-6-3-15-47(50)40-30-32-66-58(37-40)62-54-22-10-8-20-52(54)60(66)69;47-41-35-16-5-7-18-37(35)43-39-25-29(20-22-45(39)41)33-14-3-1-12-31(33)27-10-9-11-28(24-27)32-13-2-4-15-34(32)30-21-23-46-40(26-30)44-38-19-8-6-17-36(38)42(46)48;;/h1-26,29-30,33-37H;1-21,24-26,35,37H;;/q-4;-2;2*+3. The summed E-state index contributed by atoms with van der Waals surface area (Å²) in [6.45, 7) is 0. The third-order valence-corrected chi connectivity index (χ3v) is 21.8. The minimum Gasteiger partial charge on any atom is -0.393 e. The second kappa shape index (κ2) is 31.1. The molecule has 3 aliphatic rings. The molecule has 119 heavy (non-hydrogen) atoms. The molecule has 1 aliphatic carbocycles. The van der Waals surface area contributed by atoms with E-state index in [0.717, 1.165) is 122 Å². The van der Waals surface area contributed by atoms with Gasteiger partial charge >= 0.3 is 40.2 Å². The molecule has 2 atom stereocenters. The second-order valence-electron chi connectivity index (χ2n) is 28.8. The van der Waals surface area contributed by atoms with Crippen LogP contribution in [0, 0.1) is 42.8 Å². The molecule has 0 spiro atoms. The number of hydrogen-bond acceptors (Lipinski definition) is 10. The number of aromatic nitrogens is 9. The minimum atomic E-state index is -0.293. The van der Waals surface area contributed by atoms with Crippen molar-refractivity contribution in [1.82, 2.24) is 48.0 Å². The molecule has 0 bridgehead atoms. The maximum absolute atomic E-state index is 13.5. The molecular weight excluding hydrogens is 1830 g/mol. The number of pyridine rings is 3. The first-order valence-corrected chi connectivity index (χ1v) is 38.2. The van der Waals surface area contributed by atoms with Gasteiger partial charge in [-0.05, 0) is 110 Å². The molecule has 1 amide bonds. The summed E-state index contributed by atoms with van der Waals surface area (Å²) in [7, 11) is 0. The molecule has 0 fully saturated rings. The number of allylic oxidation sites excluding steroid dienone is 4. The number of benzene rings is 12. The van der Waals surface area contributed by atoms with Gasteiger partial charge in [0.25, 0.3) is 0 Å². The molecule has 9 heterocycles. The van der Waals surface area contributed by atoms with Crippen LogP contribution >= 0.6 is 0 Å². The number of aliphatic imine (C=N–C) groups is 1. The zero-order valence-corrected chi connectivity index (χ0v) is 67.6. The molecule has 0 saturated carbocycles. The Hall–Kier alpha value is -14.7. The Morgan fingerprint density at radius 3 is 1.09 bits per heavy atom. The topological polar surface area (TPSA) is 166 Å². The molecule has 19 aromatic rings. The van der Waals surface area contributed by atoms with Crippen LogP contribution in [0.4, 0.5) is 0 Å². The maximum atomic E-state index is 13.5. The van der Waals surface area contributed by atoms with Crippen molar-refractivity contribution in [2.45, 2.75) is 6.04 Å². The Balaban J connectivity index is 0.000000165. The summed E-state index contributed by atoms with van der Waals surface area (Å²) in [5.74, 6) is 0.296. The third kappa shape index (κ3) is 13.6. The van der Waals surface area contributed by atoms with Crippen LogP contribution in [-0.4, -0.2) is 65.8 Å². The van der Waals surface area contributed by atoms with Crippen molar-refractivity contribution in [3.8, 4) is 106 Å². The van der Waals surface area contributed by atoms with Gasteiger partial charge in [0.1, 0.15) is 11.0 Å². The molecule has 12 aromatic carbocycles. The summed E-state index contributed by atoms with van der Waals surface area (Å²) >= 11 is 0. The molecule has 2 unspecified atom stereocenters. The predicted molar refractivity (Wildman–Crippen MR) is 462 cm³/mol. The number of amidine groups is 1. The summed E-state index contributed by atoms with van der Waals surface area (Å²) < 4.78 is 4.44. The van der Waals surface area contributed by atoms with Gasteiger partial charge in [-0.2, -0.15) is 20.7 Å². The Morgan fingerprint density at radius 1 is 0.319 bits per heavy atom. The number of amides is 1. The van der Waals surface area contributed by atoms with Crippen molar-refractivity contribution in [2.75, 3.05) is 0 Å². The van der Waals surface area contributed by atoms with E-state index in [-0.39, 0.29) is 74.8 Å². The molecule has 2 aliphatic heterocycles. The number of rotatable bonds is 11. The van der Waals surface area contributed by atoms with Gasteiger partial charge in [-0.15, -0.1) is 29.8 Å². The SMILES string of the molecule is O=C1C2C=CC=CC2N=C2C=C(c3ccccc3-c3cccc(-c4ccccc4-c4c[c-]n5c(=O)c6ccccc6nc5c4)c3)C=[C-]N12.O=c1c2ccccc2nc2cc(-c3ccccc3-c3cc(-c4ccccc4-c4c[c-]c(-n5nc6ccccc6n5)[c-]c4)cc(-c4ccccc4-c4c[c-]n5c(=O)c6ccccc6nc5c4)c3)c[c-]n12.[Ir+3].[Ir+3]. The maximum Gasteiger partial charge on any atom is 3.00 e. The molecule has 0 saturated heterocycles. The van der Waals surface area contributed by atoms with Gasteiger partial charge in [0.2, 0.25) is 0 Å². The van der Waals surface area contributed by atoms with Crippen LogP contribution in [0.2, 0.25) is 0 Å². The van der Waals surface area contributed by atoms with Gasteiger partial charge < -0.3 is 54.4 Å². The number of carbonyl (C=O) groups excluding carboxylic acids is 1. The number of hydrogen-bond donors (Lipinski definition) is 0. The molecule has 0 radical (unpaired) electrons. The Morgan fingerprint density at radius 2 is 0.664 bits per heavy atom. The smallest absolute Gasteiger partial charge is 0.393 e.